The molecule has 0 aliphatic carbocycles. The smallest absolute Gasteiger partial charge is 0.254 e. The van der Waals surface area contributed by atoms with Gasteiger partial charge in [0.2, 0.25) is 0 Å². The van der Waals surface area contributed by atoms with Gasteiger partial charge in [0, 0.05) is 33.3 Å². The van der Waals surface area contributed by atoms with Crippen molar-refractivity contribution in [2.24, 2.45) is 10.9 Å². The molecule has 1 aliphatic heterocycles. The molecule has 0 bridgehead atoms. The van der Waals surface area contributed by atoms with Gasteiger partial charge < -0.3 is 20.6 Å². The number of hydrogen-bond donors (Lipinski definition) is 2. The maximum atomic E-state index is 12.1. The second-order valence-electron chi connectivity index (χ2n) is 4.87. The van der Waals surface area contributed by atoms with E-state index >= 15 is 0 Å². The van der Waals surface area contributed by atoms with Gasteiger partial charge in [0.05, 0.1) is 6.54 Å². The Labute approximate surface area is 107 Å². The molecule has 0 aromatic rings. The molecule has 1 rings (SSSR count). The number of methoxy groups -OCH3 is 1. The molecule has 1 fully saturated rings. The molecule has 3 N–H and O–H groups in total. The van der Waals surface area contributed by atoms with Crippen molar-refractivity contribution < 1.29 is 14.7 Å². The molecular formula is C11H22N4O3. The Kier molecular flexibility index (Phi) is 4.92. The number of amides is 1. The minimum atomic E-state index is -0.784. The molecule has 1 heterocycles. The van der Waals surface area contributed by atoms with E-state index in [0.717, 1.165) is 0 Å². The summed E-state index contributed by atoms with van der Waals surface area (Å²) >= 11 is 0. The average molecular weight is 258 g/mol. The molecule has 7 nitrogen and oxygen atoms in total. The van der Waals surface area contributed by atoms with E-state index in [1.165, 1.54) is 7.11 Å². The highest BCUT2D eigenvalue weighted by molar-refractivity contribution is 5.84. The first kappa shape index (κ1) is 14.7. The van der Waals surface area contributed by atoms with Crippen LogP contribution in [0.25, 0.3) is 0 Å². The Hall–Kier alpha value is -1.34. The van der Waals surface area contributed by atoms with Crippen LogP contribution in [0.3, 0.4) is 0 Å². The van der Waals surface area contributed by atoms with Crippen LogP contribution in [0.5, 0.6) is 0 Å². The summed E-state index contributed by atoms with van der Waals surface area (Å²) in [5, 5.41) is 11.4. The maximum absolute atomic E-state index is 12.1. The predicted molar refractivity (Wildman–Crippen MR) is 67.5 cm³/mol. The van der Waals surface area contributed by atoms with E-state index in [2.05, 4.69) is 5.16 Å². The number of piperazine rings is 1. The van der Waals surface area contributed by atoms with Crippen LogP contribution in [0.4, 0.5) is 0 Å². The van der Waals surface area contributed by atoms with Crippen LogP contribution in [0.15, 0.2) is 5.16 Å². The molecule has 18 heavy (non-hydrogen) atoms. The number of carbonyl (C=O) groups excluding carboxylic acids is 1. The summed E-state index contributed by atoms with van der Waals surface area (Å²) in [6.45, 7) is 6.63. The fraction of sp³-hybridized carbons (Fsp3) is 0.818. The zero-order valence-electron chi connectivity index (χ0n) is 11.2. The van der Waals surface area contributed by atoms with Crippen molar-refractivity contribution in [1.82, 2.24) is 9.80 Å². The van der Waals surface area contributed by atoms with E-state index in [9.17, 15) is 4.79 Å². The summed E-state index contributed by atoms with van der Waals surface area (Å²) in [5.74, 6) is 0.181. The Morgan fingerprint density at radius 3 is 2.39 bits per heavy atom. The van der Waals surface area contributed by atoms with Crippen molar-refractivity contribution in [1.29, 1.82) is 0 Å². The van der Waals surface area contributed by atoms with Gasteiger partial charge >= 0.3 is 0 Å². The summed E-state index contributed by atoms with van der Waals surface area (Å²) in [7, 11) is 1.53. The largest absolute Gasteiger partial charge is 0.409 e. The third-order valence-electron chi connectivity index (χ3n) is 3.20. The first-order valence-corrected chi connectivity index (χ1v) is 5.94. The van der Waals surface area contributed by atoms with E-state index in [1.807, 2.05) is 4.90 Å². The van der Waals surface area contributed by atoms with Crippen molar-refractivity contribution in [2.45, 2.75) is 19.4 Å². The van der Waals surface area contributed by atoms with E-state index in [0.29, 0.717) is 32.7 Å². The minimum absolute atomic E-state index is 0.00607. The topological polar surface area (TPSA) is 91.4 Å². The minimum Gasteiger partial charge on any atom is -0.409 e. The molecule has 0 atom stereocenters. The standard InChI is InChI=1S/C11H22N4O3/c1-11(2,18-3)10(16)15-6-4-14(5-7-15)8-9(12)13-17/h17H,4-8H2,1-3H3,(H2,12,13). The SMILES string of the molecule is COC(C)(C)C(=O)N1CCN(CC(N)=NO)CC1. The van der Waals surface area contributed by atoms with Crippen LogP contribution in [-0.4, -0.2) is 72.2 Å². The molecule has 0 spiro atoms. The first-order chi connectivity index (χ1) is 8.40. The third-order valence-corrected chi connectivity index (χ3v) is 3.20. The normalized spacial score (nSPS) is 19.1. The van der Waals surface area contributed by atoms with E-state index in [4.69, 9.17) is 15.7 Å². The van der Waals surface area contributed by atoms with Gasteiger partial charge in [0.25, 0.3) is 5.91 Å². The second kappa shape index (κ2) is 6.01. The van der Waals surface area contributed by atoms with Crippen molar-refractivity contribution in [2.75, 3.05) is 39.8 Å². The fourth-order valence-corrected chi connectivity index (χ4v) is 1.84. The number of carbonyl (C=O) groups is 1. The number of nitrogens with two attached hydrogens (primary N) is 1. The van der Waals surface area contributed by atoms with Crippen molar-refractivity contribution in [3.8, 4) is 0 Å². The molecule has 0 aromatic carbocycles. The van der Waals surface area contributed by atoms with Gasteiger partial charge in [0.1, 0.15) is 5.60 Å². The van der Waals surface area contributed by atoms with E-state index < -0.39 is 5.60 Å². The van der Waals surface area contributed by atoms with Crippen molar-refractivity contribution in [3.63, 3.8) is 0 Å². The van der Waals surface area contributed by atoms with Gasteiger partial charge in [-0.1, -0.05) is 5.16 Å². The molecule has 1 saturated heterocycles. The first-order valence-electron chi connectivity index (χ1n) is 5.94. The van der Waals surface area contributed by atoms with Crippen molar-refractivity contribution >= 4 is 11.7 Å². The Morgan fingerprint density at radius 1 is 1.39 bits per heavy atom. The summed E-state index contributed by atoms with van der Waals surface area (Å²) in [6, 6.07) is 0. The van der Waals surface area contributed by atoms with E-state index in [-0.39, 0.29) is 11.7 Å². The summed E-state index contributed by atoms with van der Waals surface area (Å²) < 4.78 is 5.18. The highest BCUT2D eigenvalue weighted by atomic mass is 16.5. The highest BCUT2D eigenvalue weighted by Gasteiger charge is 2.33. The monoisotopic (exact) mass is 258 g/mol. The third kappa shape index (κ3) is 3.58. The Morgan fingerprint density at radius 2 is 1.94 bits per heavy atom. The molecule has 0 saturated carbocycles. The van der Waals surface area contributed by atoms with Crippen LogP contribution in [0.1, 0.15) is 13.8 Å². The van der Waals surface area contributed by atoms with Crippen molar-refractivity contribution in [3.05, 3.63) is 0 Å². The Bertz CT molecular complexity index is 322. The van der Waals surface area contributed by atoms with Crippen LogP contribution in [-0.2, 0) is 9.53 Å². The molecule has 1 amide bonds. The maximum Gasteiger partial charge on any atom is 0.254 e. The van der Waals surface area contributed by atoms with Crippen LogP contribution in [0.2, 0.25) is 0 Å². The molecule has 1 aliphatic rings. The van der Waals surface area contributed by atoms with Gasteiger partial charge in [0.15, 0.2) is 5.84 Å². The van der Waals surface area contributed by atoms with Gasteiger partial charge in [-0.2, -0.15) is 0 Å². The number of hydrogen-bond acceptors (Lipinski definition) is 5. The lowest BCUT2D eigenvalue weighted by Gasteiger charge is -2.37. The number of oxime groups is 1. The highest BCUT2D eigenvalue weighted by Crippen LogP contribution is 2.14. The van der Waals surface area contributed by atoms with Crippen LogP contribution >= 0.6 is 0 Å². The molecular weight excluding hydrogens is 236 g/mol. The van der Waals surface area contributed by atoms with Gasteiger partial charge in [-0.25, -0.2) is 0 Å². The van der Waals surface area contributed by atoms with Gasteiger partial charge in [-0.05, 0) is 13.8 Å². The van der Waals surface area contributed by atoms with Crippen LogP contribution in [0, 0.1) is 0 Å². The second-order valence-corrected chi connectivity index (χ2v) is 4.87. The number of amidine groups is 1. The number of nitrogens with zero attached hydrogens (tertiary/aromatic N) is 3. The molecule has 0 aromatic heterocycles. The molecule has 104 valence electrons. The zero-order valence-corrected chi connectivity index (χ0v) is 11.2. The molecule has 7 heteroatoms. The summed E-state index contributed by atoms with van der Waals surface area (Å²) in [6.07, 6.45) is 0. The number of ether oxygens (including phenoxy) is 1. The molecule has 0 radical (unpaired) electrons. The lowest BCUT2D eigenvalue weighted by atomic mass is 10.1. The van der Waals surface area contributed by atoms with Gasteiger partial charge in [-0.3, -0.25) is 9.69 Å². The quantitative estimate of drug-likeness (QED) is 0.301. The van der Waals surface area contributed by atoms with Gasteiger partial charge in [-0.15, -0.1) is 0 Å². The lowest BCUT2D eigenvalue weighted by molar-refractivity contribution is -0.152. The summed E-state index contributed by atoms with van der Waals surface area (Å²) in [4.78, 5) is 16.0. The fourth-order valence-electron chi connectivity index (χ4n) is 1.84. The zero-order chi connectivity index (χ0) is 13.8. The van der Waals surface area contributed by atoms with E-state index in [1.54, 1.807) is 18.7 Å². The predicted octanol–water partition coefficient (Wildman–Crippen LogP) is -0.698. The summed E-state index contributed by atoms with van der Waals surface area (Å²) in [5.41, 5.74) is 4.66. The van der Waals surface area contributed by atoms with Crippen LogP contribution < -0.4 is 5.73 Å². The average Bonchev–Trinajstić information content (AvgIpc) is 2.38. The lowest BCUT2D eigenvalue weighted by Crippen LogP contribution is -2.55. The Balaban J connectivity index is 2.47. The number of rotatable bonds is 4. The molecule has 0 unspecified atom stereocenters.